The van der Waals surface area contributed by atoms with E-state index in [9.17, 15) is 4.79 Å². The fourth-order valence-corrected chi connectivity index (χ4v) is 2.21. The van der Waals surface area contributed by atoms with Crippen molar-refractivity contribution in [2.45, 2.75) is 25.3 Å². The lowest BCUT2D eigenvalue weighted by molar-refractivity contribution is 0.112. The zero-order valence-electron chi connectivity index (χ0n) is 9.53. The lowest BCUT2D eigenvalue weighted by atomic mass is 9.94. The van der Waals surface area contributed by atoms with Crippen molar-refractivity contribution >= 4 is 6.29 Å². The first-order valence-corrected chi connectivity index (χ1v) is 5.71. The van der Waals surface area contributed by atoms with E-state index >= 15 is 0 Å². The average molecular weight is 219 g/mol. The summed E-state index contributed by atoms with van der Waals surface area (Å²) in [7, 11) is 1.65. The molecule has 3 heteroatoms. The number of carbonyl (C=O) groups is 1. The molecule has 1 saturated heterocycles. The Bertz CT molecular complexity index is 370. The van der Waals surface area contributed by atoms with Gasteiger partial charge in [-0.25, -0.2) is 0 Å². The van der Waals surface area contributed by atoms with Crippen molar-refractivity contribution in [2.75, 3.05) is 13.7 Å². The van der Waals surface area contributed by atoms with E-state index < -0.39 is 0 Å². The molecule has 1 aromatic rings. The Morgan fingerprint density at radius 3 is 2.94 bits per heavy atom. The fourth-order valence-electron chi connectivity index (χ4n) is 2.21. The number of benzene rings is 1. The average Bonchev–Trinajstić information content (AvgIpc) is 2.39. The van der Waals surface area contributed by atoms with Crippen LogP contribution in [0.3, 0.4) is 0 Å². The largest absolute Gasteiger partial charge is 0.497 e. The Balaban J connectivity index is 2.31. The predicted molar refractivity (Wildman–Crippen MR) is 63.0 cm³/mol. The van der Waals surface area contributed by atoms with Gasteiger partial charge in [-0.15, -0.1) is 0 Å². The SMILES string of the molecule is COc1ccc(C=O)c(C2CCCCN2)c1. The highest BCUT2D eigenvalue weighted by Crippen LogP contribution is 2.28. The van der Waals surface area contributed by atoms with Gasteiger partial charge in [0.15, 0.2) is 0 Å². The molecule has 1 aliphatic heterocycles. The first-order chi connectivity index (χ1) is 7.85. The third kappa shape index (κ3) is 2.25. The molecule has 0 amide bonds. The van der Waals surface area contributed by atoms with Crippen LogP contribution in [-0.2, 0) is 0 Å². The van der Waals surface area contributed by atoms with Crippen LogP contribution in [0, 0.1) is 0 Å². The Kier molecular flexibility index (Phi) is 3.57. The molecule has 16 heavy (non-hydrogen) atoms. The first-order valence-electron chi connectivity index (χ1n) is 5.71. The highest BCUT2D eigenvalue weighted by Gasteiger charge is 2.18. The van der Waals surface area contributed by atoms with Crippen molar-refractivity contribution in [2.24, 2.45) is 0 Å². The minimum atomic E-state index is 0.295. The first kappa shape index (κ1) is 11.1. The van der Waals surface area contributed by atoms with E-state index in [4.69, 9.17) is 4.74 Å². The summed E-state index contributed by atoms with van der Waals surface area (Å²) in [5.74, 6) is 0.813. The molecule has 1 fully saturated rings. The summed E-state index contributed by atoms with van der Waals surface area (Å²) in [6.45, 7) is 1.03. The summed E-state index contributed by atoms with van der Waals surface area (Å²) in [4.78, 5) is 11.0. The molecule has 0 bridgehead atoms. The Morgan fingerprint density at radius 1 is 1.44 bits per heavy atom. The van der Waals surface area contributed by atoms with E-state index in [1.54, 1.807) is 7.11 Å². The standard InChI is InChI=1S/C13H17NO2/c1-16-11-6-5-10(9-15)12(8-11)13-4-2-3-7-14-13/h5-6,8-9,13-14H,2-4,7H2,1H3. The number of rotatable bonds is 3. The van der Waals surface area contributed by atoms with Crippen LogP contribution in [0.25, 0.3) is 0 Å². The van der Waals surface area contributed by atoms with E-state index in [0.717, 1.165) is 36.1 Å². The monoisotopic (exact) mass is 219 g/mol. The van der Waals surface area contributed by atoms with Crippen LogP contribution in [0.2, 0.25) is 0 Å². The molecule has 1 aromatic carbocycles. The van der Waals surface area contributed by atoms with Gasteiger partial charge in [0.2, 0.25) is 0 Å². The van der Waals surface area contributed by atoms with E-state index in [1.807, 2.05) is 18.2 Å². The van der Waals surface area contributed by atoms with Crippen molar-refractivity contribution in [3.8, 4) is 5.75 Å². The minimum absolute atomic E-state index is 0.295. The molecule has 1 aliphatic rings. The quantitative estimate of drug-likeness (QED) is 0.793. The van der Waals surface area contributed by atoms with Crippen LogP contribution in [0.15, 0.2) is 18.2 Å². The van der Waals surface area contributed by atoms with E-state index in [1.165, 1.54) is 12.8 Å². The second-order valence-corrected chi connectivity index (χ2v) is 4.12. The number of piperidine rings is 1. The van der Waals surface area contributed by atoms with Crippen molar-refractivity contribution in [1.82, 2.24) is 5.32 Å². The minimum Gasteiger partial charge on any atom is -0.497 e. The number of methoxy groups -OCH3 is 1. The molecule has 86 valence electrons. The summed E-state index contributed by atoms with van der Waals surface area (Å²) >= 11 is 0. The van der Waals surface area contributed by atoms with Gasteiger partial charge in [-0.05, 0) is 43.1 Å². The maximum absolute atomic E-state index is 11.0. The number of aldehydes is 1. The lowest BCUT2D eigenvalue weighted by Crippen LogP contribution is -2.27. The van der Waals surface area contributed by atoms with Gasteiger partial charge in [0, 0.05) is 11.6 Å². The molecule has 2 rings (SSSR count). The summed E-state index contributed by atoms with van der Waals surface area (Å²) in [5, 5.41) is 3.45. The van der Waals surface area contributed by atoms with Gasteiger partial charge < -0.3 is 10.1 Å². The number of carbonyl (C=O) groups excluding carboxylic acids is 1. The van der Waals surface area contributed by atoms with Gasteiger partial charge in [-0.1, -0.05) is 6.42 Å². The third-order valence-corrected chi connectivity index (χ3v) is 3.11. The van der Waals surface area contributed by atoms with Gasteiger partial charge in [-0.2, -0.15) is 0 Å². The summed E-state index contributed by atoms with van der Waals surface area (Å²) in [5.41, 5.74) is 1.83. The number of hydrogen-bond donors (Lipinski definition) is 1. The van der Waals surface area contributed by atoms with E-state index in [2.05, 4.69) is 5.32 Å². The third-order valence-electron chi connectivity index (χ3n) is 3.11. The molecule has 0 saturated carbocycles. The van der Waals surface area contributed by atoms with Crippen LogP contribution >= 0.6 is 0 Å². The molecule has 0 spiro atoms. The number of nitrogens with one attached hydrogen (secondary N) is 1. The van der Waals surface area contributed by atoms with Crippen molar-refractivity contribution < 1.29 is 9.53 Å². The highest BCUT2D eigenvalue weighted by atomic mass is 16.5. The molecule has 1 atom stereocenters. The van der Waals surface area contributed by atoms with Gasteiger partial charge in [0.25, 0.3) is 0 Å². The molecule has 0 aliphatic carbocycles. The van der Waals surface area contributed by atoms with E-state index in [0.29, 0.717) is 6.04 Å². The molecule has 1 unspecified atom stereocenters. The summed E-state index contributed by atoms with van der Waals surface area (Å²) in [6, 6.07) is 5.92. The summed E-state index contributed by atoms with van der Waals surface area (Å²) < 4.78 is 5.20. The topological polar surface area (TPSA) is 38.3 Å². The van der Waals surface area contributed by atoms with E-state index in [-0.39, 0.29) is 0 Å². The van der Waals surface area contributed by atoms with Crippen LogP contribution in [0.4, 0.5) is 0 Å². The fraction of sp³-hybridized carbons (Fsp3) is 0.462. The number of ether oxygens (including phenoxy) is 1. The Labute approximate surface area is 95.8 Å². The second-order valence-electron chi connectivity index (χ2n) is 4.12. The van der Waals surface area contributed by atoms with Crippen molar-refractivity contribution in [1.29, 1.82) is 0 Å². The normalized spacial score (nSPS) is 20.4. The zero-order chi connectivity index (χ0) is 11.4. The molecule has 3 nitrogen and oxygen atoms in total. The maximum atomic E-state index is 11.0. The van der Waals surface area contributed by atoms with Gasteiger partial charge in [0.05, 0.1) is 7.11 Å². The van der Waals surface area contributed by atoms with Crippen LogP contribution in [-0.4, -0.2) is 19.9 Å². The molecular weight excluding hydrogens is 202 g/mol. The molecule has 0 aromatic heterocycles. The summed E-state index contributed by atoms with van der Waals surface area (Å²) in [6.07, 6.45) is 4.45. The maximum Gasteiger partial charge on any atom is 0.150 e. The van der Waals surface area contributed by atoms with Crippen LogP contribution < -0.4 is 10.1 Å². The van der Waals surface area contributed by atoms with Crippen molar-refractivity contribution in [3.63, 3.8) is 0 Å². The van der Waals surface area contributed by atoms with Gasteiger partial charge in [0.1, 0.15) is 12.0 Å². The van der Waals surface area contributed by atoms with Crippen LogP contribution in [0.1, 0.15) is 41.2 Å². The van der Waals surface area contributed by atoms with Crippen molar-refractivity contribution in [3.05, 3.63) is 29.3 Å². The predicted octanol–water partition coefficient (Wildman–Crippen LogP) is 2.32. The smallest absolute Gasteiger partial charge is 0.150 e. The number of hydrogen-bond acceptors (Lipinski definition) is 3. The molecule has 1 heterocycles. The molecule has 1 N–H and O–H groups in total. The molecule has 0 radical (unpaired) electrons. The lowest BCUT2D eigenvalue weighted by Gasteiger charge is -2.25. The van der Waals surface area contributed by atoms with Crippen LogP contribution in [0.5, 0.6) is 5.75 Å². The highest BCUT2D eigenvalue weighted by molar-refractivity contribution is 5.78. The zero-order valence-corrected chi connectivity index (χ0v) is 9.53. The van der Waals surface area contributed by atoms with Gasteiger partial charge in [-0.3, -0.25) is 4.79 Å². The molecular formula is C13H17NO2. The Hall–Kier alpha value is -1.35. The van der Waals surface area contributed by atoms with Gasteiger partial charge >= 0.3 is 0 Å². The Morgan fingerprint density at radius 2 is 2.31 bits per heavy atom. The second kappa shape index (κ2) is 5.12.